The molecule has 0 bridgehead atoms. The van der Waals surface area contributed by atoms with Gasteiger partial charge in [-0.05, 0) is 36.6 Å². The molecule has 1 heterocycles. The molecular formula is C21H24N2O4. The molecule has 2 aromatic rings. The number of likely N-dealkylation sites (tertiary alicyclic amines) is 1. The van der Waals surface area contributed by atoms with Crippen LogP contribution in [-0.2, 0) is 14.3 Å². The summed E-state index contributed by atoms with van der Waals surface area (Å²) in [6.45, 7) is 2.54. The lowest BCUT2D eigenvalue weighted by Crippen LogP contribution is -2.42. The summed E-state index contributed by atoms with van der Waals surface area (Å²) in [5.74, 6) is -0.999. The summed E-state index contributed by atoms with van der Waals surface area (Å²) >= 11 is 0. The van der Waals surface area contributed by atoms with Gasteiger partial charge in [0, 0.05) is 25.7 Å². The number of ether oxygens (including phenoxy) is 1. The Kier molecular flexibility index (Phi) is 5.74. The SMILES string of the molecule is CNC(=O)[C@@H](C)OC(=O)C1CCN(C(=O)c2cccc3ccccc23)CC1. The van der Waals surface area contributed by atoms with Crippen molar-refractivity contribution in [2.45, 2.75) is 25.9 Å². The topological polar surface area (TPSA) is 75.7 Å². The average Bonchev–Trinajstić information content (AvgIpc) is 2.72. The summed E-state index contributed by atoms with van der Waals surface area (Å²) in [6, 6.07) is 13.5. The van der Waals surface area contributed by atoms with Crippen molar-refractivity contribution in [1.82, 2.24) is 10.2 Å². The van der Waals surface area contributed by atoms with Crippen molar-refractivity contribution in [2.24, 2.45) is 5.92 Å². The second-order valence-electron chi connectivity index (χ2n) is 6.79. The van der Waals surface area contributed by atoms with E-state index < -0.39 is 6.10 Å². The van der Waals surface area contributed by atoms with Crippen LogP contribution in [0.5, 0.6) is 0 Å². The van der Waals surface area contributed by atoms with Crippen LogP contribution in [0.1, 0.15) is 30.1 Å². The predicted molar refractivity (Wildman–Crippen MR) is 102 cm³/mol. The van der Waals surface area contributed by atoms with E-state index in [0.717, 1.165) is 10.8 Å². The van der Waals surface area contributed by atoms with Crippen LogP contribution in [0, 0.1) is 5.92 Å². The highest BCUT2D eigenvalue weighted by Gasteiger charge is 2.30. The number of nitrogens with zero attached hydrogens (tertiary/aromatic N) is 1. The summed E-state index contributed by atoms with van der Waals surface area (Å²) in [5.41, 5.74) is 0.683. The van der Waals surface area contributed by atoms with Gasteiger partial charge in [-0.15, -0.1) is 0 Å². The van der Waals surface area contributed by atoms with Crippen molar-refractivity contribution < 1.29 is 19.1 Å². The van der Waals surface area contributed by atoms with Crippen LogP contribution in [0.4, 0.5) is 0 Å². The van der Waals surface area contributed by atoms with Crippen LogP contribution in [0.15, 0.2) is 42.5 Å². The van der Waals surface area contributed by atoms with Crippen molar-refractivity contribution in [3.8, 4) is 0 Å². The first-order chi connectivity index (χ1) is 13.0. The number of esters is 1. The van der Waals surface area contributed by atoms with Gasteiger partial charge >= 0.3 is 5.97 Å². The second kappa shape index (κ2) is 8.20. The van der Waals surface area contributed by atoms with Crippen molar-refractivity contribution in [3.63, 3.8) is 0 Å². The fourth-order valence-corrected chi connectivity index (χ4v) is 3.43. The van der Waals surface area contributed by atoms with Crippen molar-refractivity contribution >= 4 is 28.6 Å². The van der Waals surface area contributed by atoms with Gasteiger partial charge < -0.3 is 15.0 Å². The van der Waals surface area contributed by atoms with E-state index in [1.807, 2.05) is 42.5 Å². The standard InChI is InChI=1S/C21H24N2O4/c1-14(19(24)22-2)27-21(26)16-10-12-23(13-11-16)20(25)18-9-5-7-15-6-3-4-8-17(15)18/h3-9,14,16H,10-13H2,1-2H3,(H,22,24)/t14-/m1/s1. The number of hydrogen-bond donors (Lipinski definition) is 1. The summed E-state index contributed by atoms with van der Waals surface area (Å²) < 4.78 is 5.23. The lowest BCUT2D eigenvalue weighted by Gasteiger charge is -2.31. The van der Waals surface area contributed by atoms with Gasteiger partial charge in [0.25, 0.3) is 11.8 Å². The van der Waals surface area contributed by atoms with Crippen LogP contribution < -0.4 is 5.32 Å². The zero-order valence-electron chi connectivity index (χ0n) is 15.6. The van der Waals surface area contributed by atoms with Crippen LogP contribution in [-0.4, -0.2) is 48.9 Å². The van der Waals surface area contributed by atoms with E-state index in [0.29, 0.717) is 31.5 Å². The third kappa shape index (κ3) is 4.10. The Balaban J connectivity index is 1.62. The summed E-state index contributed by atoms with van der Waals surface area (Å²) in [5, 5.41) is 4.43. The summed E-state index contributed by atoms with van der Waals surface area (Å²) in [6.07, 6.45) is 0.267. The molecule has 1 saturated heterocycles. The molecule has 6 heteroatoms. The zero-order chi connectivity index (χ0) is 19.4. The minimum absolute atomic E-state index is 0.0163. The number of rotatable bonds is 4. The van der Waals surface area contributed by atoms with Crippen LogP contribution >= 0.6 is 0 Å². The van der Waals surface area contributed by atoms with E-state index in [1.165, 1.54) is 7.05 Å². The molecule has 0 unspecified atom stereocenters. The van der Waals surface area contributed by atoms with Gasteiger partial charge in [0.2, 0.25) is 0 Å². The smallest absolute Gasteiger partial charge is 0.309 e. The van der Waals surface area contributed by atoms with Crippen LogP contribution in [0.25, 0.3) is 10.8 Å². The number of piperidine rings is 1. The van der Waals surface area contributed by atoms with Gasteiger partial charge in [0.05, 0.1) is 5.92 Å². The quantitative estimate of drug-likeness (QED) is 0.841. The maximum atomic E-state index is 13.0. The fourth-order valence-electron chi connectivity index (χ4n) is 3.43. The van der Waals surface area contributed by atoms with Crippen molar-refractivity contribution in [3.05, 3.63) is 48.0 Å². The van der Waals surface area contributed by atoms with E-state index in [2.05, 4.69) is 5.32 Å². The third-order valence-corrected chi connectivity index (χ3v) is 5.04. The Morgan fingerprint density at radius 3 is 2.44 bits per heavy atom. The van der Waals surface area contributed by atoms with Crippen molar-refractivity contribution in [1.29, 1.82) is 0 Å². The van der Waals surface area contributed by atoms with Gasteiger partial charge in [-0.3, -0.25) is 14.4 Å². The molecule has 2 aromatic carbocycles. The van der Waals surface area contributed by atoms with Gasteiger partial charge in [-0.1, -0.05) is 36.4 Å². The summed E-state index contributed by atoms with van der Waals surface area (Å²) in [4.78, 5) is 38.5. The van der Waals surface area contributed by atoms with Gasteiger partial charge in [0.15, 0.2) is 6.10 Å². The molecule has 0 radical (unpaired) electrons. The highest BCUT2D eigenvalue weighted by atomic mass is 16.5. The third-order valence-electron chi connectivity index (χ3n) is 5.04. The first-order valence-electron chi connectivity index (χ1n) is 9.20. The maximum Gasteiger partial charge on any atom is 0.309 e. The molecule has 0 aliphatic carbocycles. The normalized spacial score (nSPS) is 16.0. The monoisotopic (exact) mass is 368 g/mol. The van der Waals surface area contributed by atoms with E-state index in [4.69, 9.17) is 4.74 Å². The van der Waals surface area contributed by atoms with Crippen LogP contribution in [0.3, 0.4) is 0 Å². The molecule has 0 saturated carbocycles. The number of carbonyl (C=O) groups is 3. The lowest BCUT2D eigenvalue weighted by molar-refractivity contribution is -0.159. The minimum Gasteiger partial charge on any atom is -0.452 e. The molecule has 142 valence electrons. The molecule has 1 atom stereocenters. The first kappa shape index (κ1) is 18.9. The number of hydrogen-bond acceptors (Lipinski definition) is 4. The molecule has 1 aliphatic rings. The second-order valence-corrected chi connectivity index (χ2v) is 6.79. The highest BCUT2D eigenvalue weighted by molar-refractivity contribution is 6.07. The van der Waals surface area contributed by atoms with E-state index >= 15 is 0 Å². The first-order valence-corrected chi connectivity index (χ1v) is 9.20. The molecule has 3 rings (SSSR count). The average molecular weight is 368 g/mol. The molecule has 1 N–H and O–H groups in total. The summed E-state index contributed by atoms with van der Waals surface area (Å²) in [7, 11) is 1.50. The maximum absolute atomic E-state index is 13.0. The molecule has 6 nitrogen and oxygen atoms in total. The molecule has 0 aromatic heterocycles. The number of benzene rings is 2. The Morgan fingerprint density at radius 2 is 1.74 bits per heavy atom. The van der Waals surface area contributed by atoms with Gasteiger partial charge in [0.1, 0.15) is 0 Å². The minimum atomic E-state index is -0.808. The lowest BCUT2D eigenvalue weighted by atomic mass is 9.95. The number of carbonyl (C=O) groups excluding carboxylic acids is 3. The Labute approximate surface area is 158 Å². The number of likely N-dealkylation sites (N-methyl/N-ethyl adjacent to an activating group) is 1. The Morgan fingerprint density at radius 1 is 1.07 bits per heavy atom. The number of fused-ring (bicyclic) bond motifs is 1. The van der Waals surface area contributed by atoms with Crippen LogP contribution in [0.2, 0.25) is 0 Å². The molecule has 1 fully saturated rings. The van der Waals surface area contributed by atoms with Crippen molar-refractivity contribution in [2.75, 3.05) is 20.1 Å². The highest BCUT2D eigenvalue weighted by Crippen LogP contribution is 2.24. The fraction of sp³-hybridized carbons (Fsp3) is 0.381. The molecule has 0 spiro atoms. The molecule has 27 heavy (non-hydrogen) atoms. The van der Waals surface area contributed by atoms with Gasteiger partial charge in [-0.25, -0.2) is 0 Å². The number of amides is 2. The predicted octanol–water partition coefficient (Wildman–Crippen LogP) is 2.37. The largest absolute Gasteiger partial charge is 0.452 e. The Bertz CT molecular complexity index is 851. The number of nitrogens with one attached hydrogen (secondary N) is 1. The van der Waals surface area contributed by atoms with E-state index in [1.54, 1.807) is 11.8 Å². The molecule has 2 amide bonds. The van der Waals surface area contributed by atoms with E-state index in [9.17, 15) is 14.4 Å². The molecule has 1 aliphatic heterocycles. The Hall–Kier alpha value is -2.89. The van der Waals surface area contributed by atoms with Gasteiger partial charge in [-0.2, -0.15) is 0 Å². The zero-order valence-corrected chi connectivity index (χ0v) is 15.6. The molecular weight excluding hydrogens is 344 g/mol. The van der Waals surface area contributed by atoms with E-state index in [-0.39, 0.29) is 23.7 Å².